The van der Waals surface area contributed by atoms with Crippen LogP contribution in [0, 0.1) is 0 Å². The minimum atomic E-state index is 0.872. The fourth-order valence-corrected chi connectivity index (χ4v) is 3.26. The molecule has 0 atom stereocenters. The summed E-state index contributed by atoms with van der Waals surface area (Å²) in [6.07, 6.45) is 14.6. The number of benzene rings is 1. The van der Waals surface area contributed by atoms with Crippen molar-refractivity contribution >= 4 is 0 Å². The summed E-state index contributed by atoms with van der Waals surface area (Å²) in [5.74, 6) is 0. The predicted molar refractivity (Wildman–Crippen MR) is 83.3 cm³/mol. The monoisotopic (exact) mass is 259 g/mol. The third-order valence-electron chi connectivity index (χ3n) is 4.35. The van der Waals surface area contributed by atoms with Gasteiger partial charge in [0.25, 0.3) is 0 Å². The molecule has 2 aliphatic rings. The molecule has 0 spiro atoms. The maximum Gasteiger partial charge on any atom is 0.00696 e. The van der Waals surface area contributed by atoms with Gasteiger partial charge in [-0.25, -0.2) is 0 Å². The van der Waals surface area contributed by atoms with Crippen LogP contribution in [0.4, 0.5) is 0 Å². The van der Waals surface area contributed by atoms with E-state index >= 15 is 0 Å². The third-order valence-corrected chi connectivity index (χ3v) is 4.35. The zero-order valence-corrected chi connectivity index (χ0v) is 12.2. The summed E-state index contributed by atoms with van der Waals surface area (Å²) < 4.78 is 0. The lowest BCUT2D eigenvalue weighted by molar-refractivity contribution is 0.291. The first kappa shape index (κ1) is 14.6. The lowest BCUT2D eigenvalue weighted by Gasteiger charge is -2.30. The zero-order valence-electron chi connectivity index (χ0n) is 12.2. The highest BCUT2D eigenvalue weighted by molar-refractivity contribution is 4.99. The van der Waals surface area contributed by atoms with E-state index in [9.17, 15) is 0 Å². The van der Waals surface area contributed by atoms with E-state index in [1.54, 1.807) is 0 Å². The smallest absolute Gasteiger partial charge is 0.00696 e. The molecule has 2 fully saturated rings. The van der Waals surface area contributed by atoms with E-state index in [1.807, 2.05) is 36.4 Å². The van der Waals surface area contributed by atoms with Crippen LogP contribution < -0.4 is 5.32 Å². The van der Waals surface area contributed by atoms with Crippen LogP contribution in [0.1, 0.15) is 64.2 Å². The number of nitrogens with one attached hydrogen (secondary N) is 1. The molecule has 1 aromatic rings. The van der Waals surface area contributed by atoms with Crippen molar-refractivity contribution in [1.82, 2.24) is 5.32 Å². The van der Waals surface area contributed by atoms with Crippen molar-refractivity contribution in [2.24, 2.45) is 0 Å². The molecule has 0 bridgehead atoms. The first-order valence-electron chi connectivity index (χ1n) is 8.21. The summed E-state index contributed by atoms with van der Waals surface area (Å²) in [4.78, 5) is 0. The normalized spacial score (nSPS) is 21.5. The quantitative estimate of drug-likeness (QED) is 0.794. The zero-order chi connectivity index (χ0) is 13.2. The maximum atomic E-state index is 3.86. The van der Waals surface area contributed by atoms with Gasteiger partial charge in [-0.05, 0) is 25.7 Å². The van der Waals surface area contributed by atoms with Gasteiger partial charge in [-0.1, -0.05) is 74.9 Å². The SMILES string of the molecule is C1CCC(NC2CCCCC2)CC1.c1ccccc1. The van der Waals surface area contributed by atoms with Crippen LogP contribution in [0.2, 0.25) is 0 Å². The molecule has 3 rings (SSSR count). The van der Waals surface area contributed by atoms with Crippen molar-refractivity contribution in [1.29, 1.82) is 0 Å². The lowest BCUT2D eigenvalue weighted by atomic mass is 9.91. The van der Waals surface area contributed by atoms with E-state index in [2.05, 4.69) is 5.32 Å². The van der Waals surface area contributed by atoms with Gasteiger partial charge in [0.1, 0.15) is 0 Å². The molecule has 2 aliphatic carbocycles. The molecule has 1 N–H and O–H groups in total. The van der Waals surface area contributed by atoms with Crippen LogP contribution >= 0.6 is 0 Å². The van der Waals surface area contributed by atoms with Crippen LogP contribution in [0.15, 0.2) is 36.4 Å². The Bertz CT molecular complexity index is 254. The van der Waals surface area contributed by atoms with Crippen molar-refractivity contribution in [3.8, 4) is 0 Å². The second kappa shape index (κ2) is 9.14. The van der Waals surface area contributed by atoms with E-state index in [0.29, 0.717) is 0 Å². The van der Waals surface area contributed by atoms with E-state index in [1.165, 1.54) is 64.2 Å². The van der Waals surface area contributed by atoms with Gasteiger partial charge in [0, 0.05) is 12.1 Å². The molecule has 0 heterocycles. The van der Waals surface area contributed by atoms with Crippen molar-refractivity contribution < 1.29 is 0 Å². The minimum absolute atomic E-state index is 0.872. The summed E-state index contributed by atoms with van der Waals surface area (Å²) in [6, 6.07) is 13.7. The van der Waals surface area contributed by atoms with E-state index in [4.69, 9.17) is 0 Å². The summed E-state index contributed by atoms with van der Waals surface area (Å²) in [6.45, 7) is 0. The van der Waals surface area contributed by atoms with Gasteiger partial charge < -0.3 is 5.32 Å². The molecule has 106 valence electrons. The van der Waals surface area contributed by atoms with Gasteiger partial charge in [-0.3, -0.25) is 0 Å². The van der Waals surface area contributed by atoms with Gasteiger partial charge in [-0.2, -0.15) is 0 Å². The average molecular weight is 259 g/mol. The van der Waals surface area contributed by atoms with Gasteiger partial charge in [0.05, 0.1) is 0 Å². The molecule has 0 saturated heterocycles. The van der Waals surface area contributed by atoms with Crippen LogP contribution in [0.25, 0.3) is 0 Å². The number of rotatable bonds is 2. The molecule has 1 nitrogen and oxygen atoms in total. The Labute approximate surface area is 118 Å². The van der Waals surface area contributed by atoms with Gasteiger partial charge in [0.2, 0.25) is 0 Å². The van der Waals surface area contributed by atoms with Gasteiger partial charge in [0.15, 0.2) is 0 Å². The Kier molecular flexibility index (Phi) is 7.02. The van der Waals surface area contributed by atoms with Crippen molar-refractivity contribution in [2.45, 2.75) is 76.3 Å². The number of hydrogen-bond acceptors (Lipinski definition) is 1. The highest BCUT2D eigenvalue weighted by atomic mass is 14.9. The predicted octanol–water partition coefficient (Wildman–Crippen LogP) is 4.93. The largest absolute Gasteiger partial charge is 0.311 e. The topological polar surface area (TPSA) is 12.0 Å². The molecular formula is C18H29N. The van der Waals surface area contributed by atoms with E-state index < -0.39 is 0 Å². The second-order valence-electron chi connectivity index (χ2n) is 5.99. The van der Waals surface area contributed by atoms with Crippen LogP contribution in [-0.4, -0.2) is 12.1 Å². The van der Waals surface area contributed by atoms with E-state index in [-0.39, 0.29) is 0 Å². The maximum absolute atomic E-state index is 3.86. The summed E-state index contributed by atoms with van der Waals surface area (Å²) in [7, 11) is 0. The molecule has 0 aliphatic heterocycles. The highest BCUT2D eigenvalue weighted by Crippen LogP contribution is 2.22. The molecule has 1 heteroatoms. The fourth-order valence-electron chi connectivity index (χ4n) is 3.26. The molecule has 0 aromatic heterocycles. The Morgan fingerprint density at radius 3 is 1.11 bits per heavy atom. The highest BCUT2D eigenvalue weighted by Gasteiger charge is 2.19. The Balaban J connectivity index is 0.000000186. The van der Waals surface area contributed by atoms with Crippen LogP contribution in [0.5, 0.6) is 0 Å². The van der Waals surface area contributed by atoms with Crippen molar-refractivity contribution in [3.63, 3.8) is 0 Å². The molecule has 19 heavy (non-hydrogen) atoms. The Morgan fingerprint density at radius 1 is 0.474 bits per heavy atom. The minimum Gasteiger partial charge on any atom is -0.311 e. The summed E-state index contributed by atoms with van der Waals surface area (Å²) in [5.41, 5.74) is 0. The third kappa shape index (κ3) is 6.24. The molecule has 1 aromatic carbocycles. The Hall–Kier alpha value is -0.820. The van der Waals surface area contributed by atoms with Crippen LogP contribution in [0.3, 0.4) is 0 Å². The standard InChI is InChI=1S/C12H23N.C6H6/c1-3-7-11(8-4-1)13-12-9-5-2-6-10-12;1-2-4-6-5-3-1/h11-13H,1-10H2;1-6H. The average Bonchev–Trinajstić information content (AvgIpc) is 2.52. The van der Waals surface area contributed by atoms with Crippen molar-refractivity contribution in [2.75, 3.05) is 0 Å². The van der Waals surface area contributed by atoms with E-state index in [0.717, 1.165) is 12.1 Å². The first-order chi connectivity index (χ1) is 9.45. The molecular weight excluding hydrogens is 230 g/mol. The fraction of sp³-hybridized carbons (Fsp3) is 0.667. The van der Waals surface area contributed by atoms with Crippen molar-refractivity contribution in [3.05, 3.63) is 36.4 Å². The molecule has 0 unspecified atom stereocenters. The van der Waals surface area contributed by atoms with Gasteiger partial charge >= 0.3 is 0 Å². The Morgan fingerprint density at radius 2 is 0.789 bits per heavy atom. The lowest BCUT2D eigenvalue weighted by Crippen LogP contribution is -2.40. The molecule has 2 saturated carbocycles. The van der Waals surface area contributed by atoms with Gasteiger partial charge in [-0.15, -0.1) is 0 Å². The van der Waals surface area contributed by atoms with Crippen LogP contribution in [-0.2, 0) is 0 Å². The molecule has 0 radical (unpaired) electrons. The summed E-state index contributed by atoms with van der Waals surface area (Å²) in [5, 5.41) is 3.86. The summed E-state index contributed by atoms with van der Waals surface area (Å²) >= 11 is 0. The second-order valence-corrected chi connectivity index (χ2v) is 5.99. The first-order valence-corrected chi connectivity index (χ1v) is 8.21. The molecule has 0 amide bonds. The number of hydrogen-bond donors (Lipinski definition) is 1.